The second-order valence-electron chi connectivity index (χ2n) is 15.0. The van der Waals surface area contributed by atoms with Gasteiger partial charge in [-0.15, -0.1) is 0 Å². The molecule has 6 aromatic rings. The summed E-state index contributed by atoms with van der Waals surface area (Å²) >= 11 is 0. The normalized spacial score (nSPS) is 17.7. The molecule has 9 rings (SSSR count). The molecule has 0 heterocycles. The minimum atomic E-state index is -0.0855. The summed E-state index contributed by atoms with van der Waals surface area (Å²) in [5.41, 5.74) is 17.2. The molecule has 1 unspecified atom stereocenters. The Hall–Kier alpha value is -5.60. The van der Waals surface area contributed by atoms with E-state index in [1.165, 1.54) is 67.5 Å². The van der Waals surface area contributed by atoms with Crippen molar-refractivity contribution in [1.82, 2.24) is 0 Å². The number of benzene rings is 6. The maximum atomic E-state index is 2.58. The van der Waals surface area contributed by atoms with Gasteiger partial charge in [0.25, 0.3) is 0 Å². The van der Waals surface area contributed by atoms with E-state index in [9.17, 15) is 0 Å². The van der Waals surface area contributed by atoms with Gasteiger partial charge in [0.15, 0.2) is 0 Å². The number of anilines is 6. The standard InChI is InChI=1S/C48H42N2/c1-47(2)43-29-37(49(33-17-9-5-10-18-33)34-19-11-6-12-20-34)25-27-39(43)41-32-46-42(31-45(41)47)40-28-26-38(30-44(40)48(46,3)4)50(35-21-13-7-14-22-35)36-23-15-8-16-24-36/h5-31,41H,32H2,1-4H3. The van der Waals surface area contributed by atoms with Gasteiger partial charge in [-0.05, 0) is 107 Å². The first-order valence-corrected chi connectivity index (χ1v) is 17.9. The summed E-state index contributed by atoms with van der Waals surface area (Å²) in [6.07, 6.45) is 3.63. The molecule has 0 amide bonds. The first kappa shape index (κ1) is 30.5. The van der Waals surface area contributed by atoms with Gasteiger partial charge in [-0.2, -0.15) is 0 Å². The van der Waals surface area contributed by atoms with Crippen molar-refractivity contribution in [3.05, 3.63) is 197 Å². The number of hydrogen-bond acceptors (Lipinski definition) is 2. The number of nitrogens with zero attached hydrogens (tertiary/aromatic N) is 2. The van der Waals surface area contributed by atoms with Gasteiger partial charge in [-0.1, -0.05) is 130 Å². The zero-order chi connectivity index (χ0) is 34.0. The molecule has 0 N–H and O–H groups in total. The van der Waals surface area contributed by atoms with E-state index in [1.807, 2.05) is 0 Å². The molecule has 244 valence electrons. The van der Waals surface area contributed by atoms with E-state index in [2.05, 4.69) is 201 Å². The van der Waals surface area contributed by atoms with Gasteiger partial charge in [0, 0.05) is 50.9 Å². The summed E-state index contributed by atoms with van der Waals surface area (Å²) in [4.78, 5) is 4.77. The average Bonchev–Trinajstić information content (AvgIpc) is 3.51. The quantitative estimate of drug-likeness (QED) is 0.178. The highest BCUT2D eigenvalue weighted by Crippen LogP contribution is 2.61. The van der Waals surface area contributed by atoms with Gasteiger partial charge < -0.3 is 9.80 Å². The van der Waals surface area contributed by atoms with Crippen LogP contribution in [-0.2, 0) is 10.8 Å². The maximum absolute atomic E-state index is 2.58. The summed E-state index contributed by atoms with van der Waals surface area (Å²) < 4.78 is 0. The molecular formula is C48H42N2. The van der Waals surface area contributed by atoms with Gasteiger partial charge >= 0.3 is 0 Å². The number of fused-ring (bicyclic) bond motifs is 5. The van der Waals surface area contributed by atoms with E-state index in [0.717, 1.165) is 6.42 Å². The van der Waals surface area contributed by atoms with Crippen LogP contribution in [0.15, 0.2) is 175 Å². The summed E-state index contributed by atoms with van der Waals surface area (Å²) in [6, 6.07) is 57.3. The molecule has 3 aliphatic carbocycles. The van der Waals surface area contributed by atoms with Crippen molar-refractivity contribution in [2.75, 3.05) is 9.80 Å². The van der Waals surface area contributed by atoms with Crippen LogP contribution >= 0.6 is 0 Å². The lowest BCUT2D eigenvalue weighted by Gasteiger charge is -2.32. The van der Waals surface area contributed by atoms with Crippen LogP contribution in [-0.4, -0.2) is 0 Å². The van der Waals surface area contributed by atoms with Crippen LogP contribution in [0, 0.1) is 0 Å². The highest BCUT2D eigenvalue weighted by molar-refractivity contribution is 5.91. The minimum absolute atomic E-state index is 0.0774. The van der Waals surface area contributed by atoms with E-state index in [-0.39, 0.29) is 10.8 Å². The SMILES string of the molecule is CC1(C)C2=C(C=C3C(C2)c2ccc(N(c4ccccc4)c4ccccc4)cc2C3(C)C)c2ccc(N(c3ccccc3)c3ccccc3)cc21. The molecule has 0 aliphatic heterocycles. The van der Waals surface area contributed by atoms with Crippen molar-refractivity contribution in [3.63, 3.8) is 0 Å². The molecular weight excluding hydrogens is 605 g/mol. The summed E-state index contributed by atoms with van der Waals surface area (Å²) in [6.45, 7) is 9.75. The average molecular weight is 647 g/mol. The molecule has 0 fully saturated rings. The lowest BCUT2D eigenvalue weighted by Crippen LogP contribution is -2.23. The Labute approximate surface area is 296 Å². The topological polar surface area (TPSA) is 6.48 Å². The maximum Gasteiger partial charge on any atom is 0.0465 e. The monoisotopic (exact) mass is 646 g/mol. The van der Waals surface area contributed by atoms with Crippen molar-refractivity contribution in [2.45, 2.75) is 50.9 Å². The number of allylic oxidation sites excluding steroid dienone is 4. The fraction of sp³-hybridized carbons (Fsp3) is 0.167. The van der Waals surface area contributed by atoms with E-state index >= 15 is 0 Å². The Balaban J connectivity index is 1.11. The largest absolute Gasteiger partial charge is 0.310 e. The van der Waals surface area contributed by atoms with Gasteiger partial charge in [-0.3, -0.25) is 0 Å². The van der Waals surface area contributed by atoms with Crippen molar-refractivity contribution < 1.29 is 0 Å². The highest BCUT2D eigenvalue weighted by atomic mass is 15.1. The van der Waals surface area contributed by atoms with Crippen molar-refractivity contribution in [1.29, 1.82) is 0 Å². The van der Waals surface area contributed by atoms with Crippen LogP contribution in [0.25, 0.3) is 5.57 Å². The number of rotatable bonds is 6. The summed E-state index contributed by atoms with van der Waals surface area (Å²) in [5, 5.41) is 0. The highest BCUT2D eigenvalue weighted by Gasteiger charge is 2.48. The first-order chi connectivity index (χ1) is 24.3. The van der Waals surface area contributed by atoms with Gasteiger partial charge in [0.05, 0.1) is 0 Å². The van der Waals surface area contributed by atoms with Crippen molar-refractivity contribution in [3.8, 4) is 0 Å². The summed E-state index contributed by atoms with van der Waals surface area (Å²) in [7, 11) is 0. The Kier molecular flexibility index (Phi) is 7.00. The van der Waals surface area contributed by atoms with Crippen molar-refractivity contribution >= 4 is 39.7 Å². The third-order valence-corrected chi connectivity index (χ3v) is 11.5. The van der Waals surface area contributed by atoms with Gasteiger partial charge in [0.2, 0.25) is 0 Å². The fourth-order valence-corrected chi connectivity index (χ4v) is 8.97. The van der Waals surface area contributed by atoms with Gasteiger partial charge in [-0.25, -0.2) is 0 Å². The fourth-order valence-electron chi connectivity index (χ4n) is 8.97. The molecule has 0 saturated carbocycles. The molecule has 6 aromatic carbocycles. The molecule has 2 nitrogen and oxygen atoms in total. The predicted octanol–water partition coefficient (Wildman–Crippen LogP) is 13.1. The van der Waals surface area contributed by atoms with Crippen LogP contribution in [0.5, 0.6) is 0 Å². The Morgan fingerprint density at radius 2 is 0.900 bits per heavy atom. The molecule has 1 atom stereocenters. The zero-order valence-electron chi connectivity index (χ0n) is 29.3. The number of hydrogen-bond donors (Lipinski definition) is 0. The Morgan fingerprint density at radius 1 is 0.460 bits per heavy atom. The Bertz CT molecular complexity index is 2200. The molecule has 3 aliphatic rings. The smallest absolute Gasteiger partial charge is 0.0465 e. The van der Waals surface area contributed by atoms with Crippen molar-refractivity contribution in [2.24, 2.45) is 0 Å². The second-order valence-corrected chi connectivity index (χ2v) is 15.0. The van der Waals surface area contributed by atoms with E-state index in [1.54, 1.807) is 5.57 Å². The zero-order valence-corrected chi connectivity index (χ0v) is 29.3. The third kappa shape index (κ3) is 4.70. The molecule has 0 saturated heterocycles. The lowest BCUT2D eigenvalue weighted by atomic mass is 9.71. The van der Waals surface area contributed by atoms with Crippen LogP contribution in [0.3, 0.4) is 0 Å². The van der Waals surface area contributed by atoms with E-state index in [4.69, 9.17) is 0 Å². The lowest BCUT2D eigenvalue weighted by molar-refractivity contribution is 0.561. The predicted molar refractivity (Wildman–Crippen MR) is 211 cm³/mol. The molecule has 50 heavy (non-hydrogen) atoms. The van der Waals surface area contributed by atoms with E-state index < -0.39 is 0 Å². The molecule has 2 heteroatoms. The molecule has 0 bridgehead atoms. The van der Waals surface area contributed by atoms with E-state index in [0.29, 0.717) is 5.92 Å². The number of para-hydroxylation sites is 4. The second kappa shape index (κ2) is 11.5. The minimum Gasteiger partial charge on any atom is -0.310 e. The van der Waals surface area contributed by atoms with Crippen LogP contribution in [0.1, 0.15) is 62.3 Å². The molecule has 0 aromatic heterocycles. The summed E-state index contributed by atoms with van der Waals surface area (Å²) in [5.74, 6) is 0.382. The first-order valence-electron chi connectivity index (χ1n) is 17.9. The molecule has 0 spiro atoms. The Morgan fingerprint density at radius 3 is 1.38 bits per heavy atom. The van der Waals surface area contributed by atoms with Crippen LogP contribution in [0.4, 0.5) is 34.1 Å². The third-order valence-electron chi connectivity index (χ3n) is 11.5. The van der Waals surface area contributed by atoms with Gasteiger partial charge in [0.1, 0.15) is 0 Å². The van der Waals surface area contributed by atoms with Crippen LogP contribution < -0.4 is 9.80 Å². The van der Waals surface area contributed by atoms with Crippen LogP contribution in [0.2, 0.25) is 0 Å². The molecule has 0 radical (unpaired) electrons.